The standard InChI is InChI=1S/C29H32N2O5/c32-24-5-3-4-22(17-24)21-8-6-20(7-9-21)16-28(33)30-25(19-31-12-1-2-13-31)29(34)23-10-11-26-27(18-23)36-15-14-35-26/h3-11,17-18,25,29,32,34H,1-2,12-16,19H2,(H,30,33). The topological polar surface area (TPSA) is 91.3 Å². The summed E-state index contributed by atoms with van der Waals surface area (Å²) in [5.41, 5.74) is 3.46. The lowest BCUT2D eigenvalue weighted by Crippen LogP contribution is -2.47. The van der Waals surface area contributed by atoms with E-state index in [9.17, 15) is 15.0 Å². The summed E-state index contributed by atoms with van der Waals surface area (Å²) in [5, 5.41) is 24.1. The Kier molecular flexibility index (Phi) is 7.39. The van der Waals surface area contributed by atoms with Gasteiger partial charge >= 0.3 is 0 Å². The molecule has 3 aromatic rings. The largest absolute Gasteiger partial charge is 0.508 e. The minimum Gasteiger partial charge on any atom is -0.508 e. The molecule has 0 aromatic heterocycles. The molecule has 36 heavy (non-hydrogen) atoms. The van der Waals surface area contributed by atoms with Crippen LogP contribution >= 0.6 is 0 Å². The van der Waals surface area contributed by atoms with Gasteiger partial charge in [-0.25, -0.2) is 0 Å². The molecule has 7 nitrogen and oxygen atoms in total. The van der Waals surface area contributed by atoms with Crippen LogP contribution in [0.4, 0.5) is 0 Å². The first-order valence-corrected chi connectivity index (χ1v) is 12.5. The summed E-state index contributed by atoms with van der Waals surface area (Å²) in [4.78, 5) is 15.3. The number of phenols is 1. The smallest absolute Gasteiger partial charge is 0.224 e. The molecule has 2 atom stereocenters. The lowest BCUT2D eigenvalue weighted by atomic mass is 10.00. The van der Waals surface area contributed by atoms with Crippen molar-refractivity contribution in [1.29, 1.82) is 0 Å². The summed E-state index contributed by atoms with van der Waals surface area (Å²) in [7, 11) is 0. The maximum atomic E-state index is 13.0. The summed E-state index contributed by atoms with van der Waals surface area (Å²) < 4.78 is 11.3. The number of aliphatic hydroxyl groups excluding tert-OH is 1. The van der Waals surface area contributed by atoms with Gasteiger partial charge in [-0.15, -0.1) is 0 Å². The van der Waals surface area contributed by atoms with Gasteiger partial charge in [0.15, 0.2) is 11.5 Å². The van der Waals surface area contributed by atoms with Crippen molar-refractivity contribution in [3.05, 3.63) is 77.9 Å². The fourth-order valence-electron chi connectivity index (χ4n) is 4.89. The second-order valence-corrected chi connectivity index (χ2v) is 9.45. The second-order valence-electron chi connectivity index (χ2n) is 9.45. The number of carbonyl (C=O) groups excluding carboxylic acids is 1. The number of likely N-dealkylation sites (tertiary alicyclic amines) is 1. The van der Waals surface area contributed by atoms with E-state index in [1.165, 1.54) is 0 Å². The highest BCUT2D eigenvalue weighted by Crippen LogP contribution is 2.33. The highest BCUT2D eigenvalue weighted by Gasteiger charge is 2.28. The van der Waals surface area contributed by atoms with Gasteiger partial charge < -0.3 is 29.9 Å². The van der Waals surface area contributed by atoms with Crippen LogP contribution in [0.1, 0.15) is 30.1 Å². The number of amides is 1. The number of aliphatic hydroxyl groups is 1. The number of hydrogen-bond acceptors (Lipinski definition) is 6. The quantitative estimate of drug-likeness (QED) is 0.448. The van der Waals surface area contributed by atoms with Crippen LogP contribution < -0.4 is 14.8 Å². The van der Waals surface area contributed by atoms with E-state index < -0.39 is 12.1 Å². The van der Waals surface area contributed by atoms with E-state index in [1.54, 1.807) is 18.2 Å². The predicted octanol–water partition coefficient (Wildman–Crippen LogP) is 3.69. The van der Waals surface area contributed by atoms with Gasteiger partial charge in [0.1, 0.15) is 25.1 Å². The third-order valence-corrected chi connectivity index (χ3v) is 6.79. The normalized spacial score (nSPS) is 16.9. The molecule has 3 aromatic carbocycles. The zero-order valence-electron chi connectivity index (χ0n) is 20.2. The Balaban J connectivity index is 1.27. The van der Waals surface area contributed by atoms with Crippen LogP contribution in [0.3, 0.4) is 0 Å². The van der Waals surface area contributed by atoms with Gasteiger partial charge in [-0.2, -0.15) is 0 Å². The monoisotopic (exact) mass is 488 g/mol. The first kappa shape index (κ1) is 24.2. The second kappa shape index (κ2) is 11.0. The van der Waals surface area contributed by atoms with Crippen molar-refractivity contribution in [2.45, 2.75) is 31.4 Å². The number of benzene rings is 3. The van der Waals surface area contributed by atoms with E-state index >= 15 is 0 Å². The molecule has 2 aliphatic rings. The summed E-state index contributed by atoms with van der Waals surface area (Å²) in [6, 6.07) is 19.8. The summed E-state index contributed by atoms with van der Waals surface area (Å²) in [5.74, 6) is 1.37. The first-order valence-electron chi connectivity index (χ1n) is 12.5. The number of phenolic OH excluding ortho intramolecular Hbond substituents is 1. The number of nitrogens with zero attached hydrogens (tertiary/aromatic N) is 1. The van der Waals surface area contributed by atoms with Crippen LogP contribution in [-0.4, -0.2) is 59.9 Å². The van der Waals surface area contributed by atoms with Crippen LogP contribution in [0.5, 0.6) is 17.2 Å². The van der Waals surface area contributed by atoms with Crippen molar-refractivity contribution in [3.8, 4) is 28.4 Å². The molecule has 5 rings (SSSR count). The van der Waals surface area contributed by atoms with Gasteiger partial charge in [0.05, 0.1) is 12.5 Å². The van der Waals surface area contributed by atoms with Crippen molar-refractivity contribution in [3.63, 3.8) is 0 Å². The van der Waals surface area contributed by atoms with E-state index in [-0.39, 0.29) is 18.1 Å². The summed E-state index contributed by atoms with van der Waals surface area (Å²) in [6.45, 7) is 3.51. The van der Waals surface area contributed by atoms with Crippen molar-refractivity contribution in [2.24, 2.45) is 0 Å². The van der Waals surface area contributed by atoms with E-state index in [2.05, 4.69) is 10.2 Å². The Labute approximate surface area is 211 Å². The molecule has 188 valence electrons. The van der Waals surface area contributed by atoms with Gasteiger partial charge in [0.25, 0.3) is 0 Å². The van der Waals surface area contributed by atoms with Crippen LogP contribution in [0.15, 0.2) is 66.7 Å². The maximum Gasteiger partial charge on any atom is 0.224 e. The van der Waals surface area contributed by atoms with E-state index in [4.69, 9.17) is 9.47 Å². The number of hydrogen-bond donors (Lipinski definition) is 3. The molecule has 1 saturated heterocycles. The molecular formula is C29H32N2O5. The fraction of sp³-hybridized carbons (Fsp3) is 0.345. The molecule has 1 fully saturated rings. The molecule has 2 heterocycles. The van der Waals surface area contributed by atoms with Gasteiger partial charge in [0, 0.05) is 6.54 Å². The number of rotatable bonds is 8. The molecule has 0 spiro atoms. The lowest BCUT2D eigenvalue weighted by Gasteiger charge is -2.29. The van der Waals surface area contributed by atoms with Crippen LogP contribution in [0, 0.1) is 0 Å². The third-order valence-electron chi connectivity index (χ3n) is 6.79. The molecule has 0 aliphatic carbocycles. The average molecular weight is 489 g/mol. The zero-order valence-corrected chi connectivity index (χ0v) is 20.2. The molecule has 2 unspecified atom stereocenters. The maximum absolute atomic E-state index is 13.0. The number of nitrogens with one attached hydrogen (secondary N) is 1. The molecule has 2 aliphatic heterocycles. The molecule has 3 N–H and O–H groups in total. The van der Waals surface area contributed by atoms with Gasteiger partial charge in [-0.05, 0) is 72.5 Å². The van der Waals surface area contributed by atoms with Crippen molar-refractivity contribution >= 4 is 5.91 Å². The Hall–Kier alpha value is -3.55. The molecular weight excluding hydrogens is 456 g/mol. The number of carbonyl (C=O) groups is 1. The van der Waals surface area contributed by atoms with Crippen molar-refractivity contribution in [2.75, 3.05) is 32.8 Å². The molecule has 0 saturated carbocycles. The fourth-order valence-corrected chi connectivity index (χ4v) is 4.89. The molecule has 1 amide bonds. The average Bonchev–Trinajstić information content (AvgIpc) is 3.41. The van der Waals surface area contributed by atoms with Gasteiger partial charge in [0.2, 0.25) is 5.91 Å². The Morgan fingerprint density at radius 1 is 0.917 bits per heavy atom. The molecule has 0 radical (unpaired) electrons. The highest BCUT2D eigenvalue weighted by molar-refractivity contribution is 5.79. The minimum atomic E-state index is -0.876. The highest BCUT2D eigenvalue weighted by atomic mass is 16.6. The lowest BCUT2D eigenvalue weighted by molar-refractivity contribution is -0.122. The van der Waals surface area contributed by atoms with Crippen LogP contribution in [-0.2, 0) is 11.2 Å². The van der Waals surface area contributed by atoms with Gasteiger partial charge in [-0.3, -0.25) is 4.79 Å². The van der Waals surface area contributed by atoms with E-state index in [0.29, 0.717) is 36.8 Å². The Bertz CT molecular complexity index is 1190. The minimum absolute atomic E-state index is 0.138. The number of aromatic hydroxyl groups is 1. The first-order chi connectivity index (χ1) is 17.5. The third kappa shape index (κ3) is 5.80. The van der Waals surface area contributed by atoms with Crippen molar-refractivity contribution in [1.82, 2.24) is 10.2 Å². The van der Waals surface area contributed by atoms with Gasteiger partial charge in [-0.1, -0.05) is 42.5 Å². The predicted molar refractivity (Wildman–Crippen MR) is 137 cm³/mol. The van der Waals surface area contributed by atoms with E-state index in [1.807, 2.05) is 48.5 Å². The molecule has 7 heteroatoms. The Morgan fingerprint density at radius 2 is 1.67 bits per heavy atom. The van der Waals surface area contributed by atoms with Crippen LogP contribution in [0.2, 0.25) is 0 Å². The van der Waals surface area contributed by atoms with Crippen molar-refractivity contribution < 1.29 is 24.5 Å². The number of fused-ring (bicyclic) bond motifs is 1. The van der Waals surface area contributed by atoms with Crippen LogP contribution in [0.25, 0.3) is 11.1 Å². The summed E-state index contributed by atoms with van der Waals surface area (Å²) >= 11 is 0. The Morgan fingerprint density at radius 3 is 2.42 bits per heavy atom. The summed E-state index contributed by atoms with van der Waals surface area (Å²) in [6.07, 6.45) is 1.60. The number of ether oxygens (including phenoxy) is 2. The molecule has 0 bridgehead atoms. The van der Waals surface area contributed by atoms with E-state index in [0.717, 1.165) is 42.6 Å². The zero-order chi connectivity index (χ0) is 24.9. The SMILES string of the molecule is O=C(Cc1ccc(-c2cccc(O)c2)cc1)NC(CN1CCCC1)C(O)c1ccc2c(c1)OCCO2.